The lowest BCUT2D eigenvalue weighted by molar-refractivity contribution is -0.137. The molecule has 0 aromatic heterocycles. The second kappa shape index (κ2) is 9.22. The Labute approximate surface area is 161 Å². The van der Waals surface area contributed by atoms with Crippen LogP contribution in [0.1, 0.15) is 32.6 Å². The normalized spacial score (nSPS) is 22.1. The van der Waals surface area contributed by atoms with Crippen LogP contribution in [0, 0.1) is 11.3 Å². The fraction of sp³-hybridized carbons (Fsp3) is 0.619. The zero-order valence-corrected chi connectivity index (χ0v) is 16.2. The van der Waals surface area contributed by atoms with Crippen molar-refractivity contribution in [2.75, 3.05) is 39.3 Å². The van der Waals surface area contributed by atoms with Crippen molar-refractivity contribution >= 4 is 11.8 Å². The number of hydrogen-bond acceptors (Lipinski definition) is 4. The Morgan fingerprint density at radius 2 is 2.00 bits per heavy atom. The summed E-state index contributed by atoms with van der Waals surface area (Å²) in [7, 11) is 0. The third-order valence-electron chi connectivity index (χ3n) is 5.75. The first-order valence-electron chi connectivity index (χ1n) is 10.00. The van der Waals surface area contributed by atoms with Crippen LogP contribution in [0.15, 0.2) is 30.3 Å². The molecule has 2 aliphatic rings. The van der Waals surface area contributed by atoms with Crippen molar-refractivity contribution in [1.82, 2.24) is 15.5 Å². The van der Waals surface area contributed by atoms with E-state index < -0.39 is 0 Å². The molecule has 2 amide bonds. The lowest BCUT2D eigenvalue weighted by atomic mass is 9.81. The first-order chi connectivity index (χ1) is 13.1. The van der Waals surface area contributed by atoms with Crippen LogP contribution >= 0.6 is 0 Å². The van der Waals surface area contributed by atoms with Crippen molar-refractivity contribution in [1.29, 1.82) is 0 Å². The molecular formula is C21H31N3O3. The van der Waals surface area contributed by atoms with Gasteiger partial charge in [0, 0.05) is 19.6 Å². The van der Waals surface area contributed by atoms with Crippen molar-refractivity contribution < 1.29 is 14.3 Å². The number of amides is 2. The molecule has 1 aromatic carbocycles. The highest BCUT2D eigenvalue weighted by atomic mass is 16.5. The number of nitrogens with one attached hydrogen (secondary N) is 2. The van der Waals surface area contributed by atoms with Gasteiger partial charge in [0.25, 0.3) is 5.91 Å². The summed E-state index contributed by atoms with van der Waals surface area (Å²) < 4.78 is 5.56. The topological polar surface area (TPSA) is 70.7 Å². The van der Waals surface area contributed by atoms with E-state index in [1.165, 1.54) is 0 Å². The molecule has 6 nitrogen and oxygen atoms in total. The number of benzene rings is 1. The fourth-order valence-corrected chi connectivity index (χ4v) is 3.82. The molecule has 1 aromatic rings. The Balaban J connectivity index is 1.45. The maximum absolute atomic E-state index is 12.6. The van der Waals surface area contributed by atoms with E-state index in [1.54, 1.807) is 4.90 Å². The van der Waals surface area contributed by atoms with Crippen molar-refractivity contribution in [3.63, 3.8) is 0 Å². The molecular weight excluding hydrogens is 342 g/mol. The Bertz CT molecular complexity index is 629. The van der Waals surface area contributed by atoms with Gasteiger partial charge in [-0.15, -0.1) is 0 Å². The molecule has 1 atom stereocenters. The summed E-state index contributed by atoms with van der Waals surface area (Å²) in [5, 5.41) is 6.51. The van der Waals surface area contributed by atoms with Gasteiger partial charge in [-0.1, -0.05) is 25.1 Å². The smallest absolute Gasteiger partial charge is 0.260 e. The number of nitrogens with zero attached hydrogens (tertiary/aromatic N) is 1. The Morgan fingerprint density at radius 1 is 1.26 bits per heavy atom. The van der Waals surface area contributed by atoms with Crippen LogP contribution in [0.4, 0.5) is 0 Å². The van der Waals surface area contributed by atoms with Crippen LogP contribution in [-0.2, 0) is 9.59 Å². The highest BCUT2D eigenvalue weighted by Gasteiger charge is 2.31. The second-order valence-electron chi connectivity index (χ2n) is 8.06. The van der Waals surface area contributed by atoms with Gasteiger partial charge < -0.3 is 20.3 Å². The summed E-state index contributed by atoms with van der Waals surface area (Å²) in [6.45, 7) is 6.19. The van der Waals surface area contributed by atoms with Gasteiger partial charge in [-0.2, -0.15) is 0 Å². The zero-order valence-electron chi connectivity index (χ0n) is 16.2. The molecule has 2 saturated heterocycles. The molecule has 2 heterocycles. The average Bonchev–Trinajstić information content (AvgIpc) is 2.72. The third kappa shape index (κ3) is 5.70. The van der Waals surface area contributed by atoms with Gasteiger partial charge in [-0.25, -0.2) is 0 Å². The minimum Gasteiger partial charge on any atom is -0.484 e. The summed E-state index contributed by atoms with van der Waals surface area (Å²) in [5.41, 5.74) is 0.175. The minimum atomic E-state index is -0.121. The number of hydrogen-bond donors (Lipinski definition) is 2. The molecule has 2 aliphatic heterocycles. The van der Waals surface area contributed by atoms with E-state index in [1.807, 2.05) is 30.3 Å². The maximum Gasteiger partial charge on any atom is 0.260 e. The summed E-state index contributed by atoms with van der Waals surface area (Å²) in [5.74, 6) is 0.593. The quantitative estimate of drug-likeness (QED) is 0.798. The monoisotopic (exact) mass is 373 g/mol. The second-order valence-corrected chi connectivity index (χ2v) is 8.06. The van der Waals surface area contributed by atoms with Gasteiger partial charge in [0.15, 0.2) is 6.61 Å². The van der Waals surface area contributed by atoms with Gasteiger partial charge >= 0.3 is 0 Å². The zero-order chi connectivity index (χ0) is 19.1. The predicted molar refractivity (Wildman–Crippen MR) is 104 cm³/mol. The van der Waals surface area contributed by atoms with Crippen LogP contribution in [0.3, 0.4) is 0 Å². The molecule has 0 bridgehead atoms. The highest BCUT2D eigenvalue weighted by molar-refractivity contribution is 5.82. The highest BCUT2D eigenvalue weighted by Crippen LogP contribution is 2.27. The number of piperidine rings is 2. The Morgan fingerprint density at radius 3 is 2.74 bits per heavy atom. The van der Waals surface area contributed by atoms with Crippen molar-refractivity contribution in [3.8, 4) is 5.75 Å². The molecule has 0 spiro atoms. The summed E-state index contributed by atoms with van der Waals surface area (Å²) in [6.07, 6.45) is 3.86. The number of carbonyl (C=O) groups is 2. The van der Waals surface area contributed by atoms with Gasteiger partial charge in [0.2, 0.25) is 5.91 Å². The summed E-state index contributed by atoms with van der Waals surface area (Å²) >= 11 is 0. The summed E-state index contributed by atoms with van der Waals surface area (Å²) in [4.78, 5) is 26.9. The minimum absolute atomic E-state index is 0.0173. The van der Waals surface area contributed by atoms with E-state index in [9.17, 15) is 9.59 Å². The van der Waals surface area contributed by atoms with Crippen LogP contribution in [0.2, 0.25) is 0 Å². The molecule has 0 radical (unpaired) electrons. The number of ether oxygens (including phenoxy) is 1. The van der Waals surface area contributed by atoms with E-state index >= 15 is 0 Å². The molecule has 27 heavy (non-hydrogen) atoms. The van der Waals surface area contributed by atoms with Gasteiger partial charge in [-0.3, -0.25) is 9.59 Å². The Kier molecular flexibility index (Phi) is 6.72. The summed E-state index contributed by atoms with van der Waals surface area (Å²) in [6, 6.07) is 9.34. The van der Waals surface area contributed by atoms with Gasteiger partial charge in [0.05, 0.1) is 5.92 Å². The average molecular weight is 373 g/mol. The van der Waals surface area contributed by atoms with E-state index in [4.69, 9.17) is 4.74 Å². The van der Waals surface area contributed by atoms with E-state index in [0.29, 0.717) is 18.8 Å². The first kappa shape index (κ1) is 19.7. The number of likely N-dealkylation sites (tertiary alicyclic amines) is 1. The molecule has 2 N–H and O–H groups in total. The van der Waals surface area contributed by atoms with E-state index in [-0.39, 0.29) is 29.8 Å². The van der Waals surface area contributed by atoms with Crippen LogP contribution < -0.4 is 15.4 Å². The SMILES string of the molecule is CC1(CNC(=O)C2CCCN(C(=O)COc3ccccc3)C2)CCNCC1. The van der Waals surface area contributed by atoms with Crippen molar-refractivity contribution in [2.24, 2.45) is 11.3 Å². The molecule has 0 saturated carbocycles. The lowest BCUT2D eigenvalue weighted by Gasteiger charge is -2.36. The molecule has 148 valence electrons. The van der Waals surface area contributed by atoms with E-state index in [0.717, 1.165) is 45.3 Å². The van der Waals surface area contributed by atoms with Crippen LogP contribution in [0.25, 0.3) is 0 Å². The molecule has 3 rings (SSSR count). The van der Waals surface area contributed by atoms with E-state index in [2.05, 4.69) is 17.6 Å². The fourth-order valence-electron chi connectivity index (χ4n) is 3.82. The lowest BCUT2D eigenvalue weighted by Crippen LogP contribution is -2.49. The standard InChI is InChI=1S/C21H31N3O3/c1-21(9-11-22-12-10-21)16-23-20(26)17-6-5-13-24(14-17)19(25)15-27-18-7-3-2-4-8-18/h2-4,7-8,17,22H,5-6,9-16H2,1H3,(H,23,26). The van der Waals surface area contributed by atoms with Crippen molar-refractivity contribution in [3.05, 3.63) is 30.3 Å². The third-order valence-corrected chi connectivity index (χ3v) is 5.75. The van der Waals surface area contributed by atoms with Crippen molar-refractivity contribution in [2.45, 2.75) is 32.6 Å². The molecule has 0 aliphatic carbocycles. The molecule has 6 heteroatoms. The number of rotatable bonds is 6. The molecule has 1 unspecified atom stereocenters. The molecule has 2 fully saturated rings. The maximum atomic E-state index is 12.6. The van der Waals surface area contributed by atoms with Gasteiger partial charge in [-0.05, 0) is 56.3 Å². The number of para-hydroxylation sites is 1. The number of carbonyl (C=O) groups excluding carboxylic acids is 2. The van der Waals surface area contributed by atoms with Gasteiger partial charge in [0.1, 0.15) is 5.75 Å². The first-order valence-corrected chi connectivity index (χ1v) is 10.00. The van der Waals surface area contributed by atoms with Crippen LogP contribution in [-0.4, -0.2) is 56.0 Å². The largest absolute Gasteiger partial charge is 0.484 e. The predicted octanol–water partition coefficient (Wildman–Crippen LogP) is 1.81. The van der Waals surface area contributed by atoms with Crippen LogP contribution in [0.5, 0.6) is 5.75 Å². The Hall–Kier alpha value is -2.08.